The van der Waals surface area contributed by atoms with Crippen molar-refractivity contribution in [3.63, 3.8) is 0 Å². The Kier molecular flexibility index (Phi) is 6.56. The summed E-state index contributed by atoms with van der Waals surface area (Å²) in [6.45, 7) is 7.18. The number of aryl methyl sites for hydroxylation is 1. The van der Waals surface area contributed by atoms with Crippen LogP contribution in [-0.2, 0) is 6.42 Å². The fourth-order valence-corrected chi connectivity index (χ4v) is 4.18. The van der Waals surface area contributed by atoms with Crippen LogP contribution < -0.4 is 0 Å². The molecule has 0 aliphatic carbocycles. The van der Waals surface area contributed by atoms with Crippen LogP contribution in [0.25, 0.3) is 0 Å². The standard InChI is InChI=1S/C22H34N2O3/c1-22(2,27)11-6-17-4-3-5-18(16-17)21(26)24-12-7-19(8-13-24)23-14-9-20(25)10-15-23/h3-5,16,19-20,25,27H,6-15H2,1-2H3. The minimum absolute atomic E-state index is 0.118. The van der Waals surface area contributed by atoms with Gasteiger partial charge in [-0.3, -0.25) is 4.79 Å². The van der Waals surface area contributed by atoms with Gasteiger partial charge in [-0.2, -0.15) is 0 Å². The third kappa shape index (κ3) is 5.77. The number of hydrogen-bond donors (Lipinski definition) is 2. The summed E-state index contributed by atoms with van der Waals surface area (Å²) in [5.41, 5.74) is 1.17. The van der Waals surface area contributed by atoms with E-state index in [2.05, 4.69) is 4.90 Å². The summed E-state index contributed by atoms with van der Waals surface area (Å²) in [6.07, 6.45) is 5.09. The molecule has 1 amide bonds. The molecule has 2 fully saturated rings. The molecule has 0 aromatic heterocycles. The molecule has 5 nitrogen and oxygen atoms in total. The Hall–Kier alpha value is -1.43. The van der Waals surface area contributed by atoms with Gasteiger partial charge in [0.15, 0.2) is 0 Å². The highest BCUT2D eigenvalue weighted by molar-refractivity contribution is 5.94. The number of carbonyl (C=O) groups excluding carboxylic acids is 1. The highest BCUT2D eigenvalue weighted by Gasteiger charge is 2.29. The van der Waals surface area contributed by atoms with Crippen molar-refractivity contribution in [3.05, 3.63) is 35.4 Å². The first-order valence-electron chi connectivity index (χ1n) is 10.3. The van der Waals surface area contributed by atoms with E-state index in [0.29, 0.717) is 12.5 Å². The van der Waals surface area contributed by atoms with Gasteiger partial charge in [-0.25, -0.2) is 0 Å². The van der Waals surface area contributed by atoms with E-state index in [1.165, 1.54) is 0 Å². The number of carbonyl (C=O) groups is 1. The fraction of sp³-hybridized carbons (Fsp3) is 0.682. The third-order valence-corrected chi connectivity index (χ3v) is 5.97. The molecule has 0 spiro atoms. The number of aliphatic hydroxyl groups is 2. The van der Waals surface area contributed by atoms with Gasteiger partial charge in [0.05, 0.1) is 11.7 Å². The largest absolute Gasteiger partial charge is 0.393 e. The van der Waals surface area contributed by atoms with E-state index in [4.69, 9.17) is 0 Å². The van der Waals surface area contributed by atoms with E-state index in [-0.39, 0.29) is 12.0 Å². The third-order valence-electron chi connectivity index (χ3n) is 5.97. The van der Waals surface area contributed by atoms with Crippen LogP contribution in [0, 0.1) is 0 Å². The van der Waals surface area contributed by atoms with E-state index >= 15 is 0 Å². The van der Waals surface area contributed by atoms with Crippen molar-refractivity contribution < 1.29 is 15.0 Å². The normalized spacial score (nSPS) is 20.8. The van der Waals surface area contributed by atoms with Gasteiger partial charge in [0.25, 0.3) is 5.91 Å². The second-order valence-corrected chi connectivity index (χ2v) is 8.80. The van der Waals surface area contributed by atoms with Crippen LogP contribution in [0.3, 0.4) is 0 Å². The molecule has 0 saturated carbocycles. The van der Waals surface area contributed by atoms with Gasteiger partial charge < -0.3 is 20.0 Å². The number of hydrogen-bond acceptors (Lipinski definition) is 4. The first kappa shape index (κ1) is 20.3. The van der Waals surface area contributed by atoms with E-state index in [1.54, 1.807) is 0 Å². The van der Waals surface area contributed by atoms with Crippen LogP contribution >= 0.6 is 0 Å². The van der Waals surface area contributed by atoms with Gasteiger partial charge in [0.1, 0.15) is 0 Å². The molecule has 0 unspecified atom stereocenters. The van der Waals surface area contributed by atoms with Gasteiger partial charge in [0.2, 0.25) is 0 Å². The predicted octanol–water partition coefficient (Wildman–Crippen LogP) is 2.45. The molecular formula is C22H34N2O3. The van der Waals surface area contributed by atoms with Gasteiger partial charge in [0, 0.05) is 37.8 Å². The zero-order valence-corrected chi connectivity index (χ0v) is 16.7. The molecule has 2 aliphatic rings. The Morgan fingerprint density at radius 1 is 1.11 bits per heavy atom. The number of nitrogens with zero attached hydrogens (tertiary/aromatic N) is 2. The lowest BCUT2D eigenvalue weighted by Gasteiger charge is -2.41. The second kappa shape index (κ2) is 8.72. The maximum absolute atomic E-state index is 12.9. The maximum atomic E-state index is 12.9. The molecule has 2 heterocycles. The lowest BCUT2D eigenvalue weighted by Crippen LogP contribution is -2.49. The second-order valence-electron chi connectivity index (χ2n) is 8.80. The monoisotopic (exact) mass is 374 g/mol. The molecule has 1 aromatic rings. The van der Waals surface area contributed by atoms with Crippen molar-refractivity contribution >= 4 is 5.91 Å². The number of amides is 1. The van der Waals surface area contributed by atoms with Crippen molar-refractivity contribution in [1.29, 1.82) is 0 Å². The molecule has 27 heavy (non-hydrogen) atoms. The molecule has 0 radical (unpaired) electrons. The molecule has 2 aliphatic heterocycles. The first-order chi connectivity index (χ1) is 12.8. The summed E-state index contributed by atoms with van der Waals surface area (Å²) in [7, 11) is 0. The highest BCUT2D eigenvalue weighted by atomic mass is 16.3. The lowest BCUT2D eigenvalue weighted by molar-refractivity contribution is 0.0357. The minimum atomic E-state index is -0.688. The Balaban J connectivity index is 1.53. The van der Waals surface area contributed by atoms with Crippen LogP contribution in [-0.4, -0.2) is 69.8 Å². The Morgan fingerprint density at radius 2 is 1.78 bits per heavy atom. The summed E-state index contributed by atoms with van der Waals surface area (Å²) < 4.78 is 0. The molecule has 2 N–H and O–H groups in total. The molecule has 1 aromatic carbocycles. The molecule has 150 valence electrons. The number of benzene rings is 1. The van der Waals surface area contributed by atoms with Crippen molar-refractivity contribution in [1.82, 2.24) is 9.80 Å². The Morgan fingerprint density at radius 3 is 2.41 bits per heavy atom. The molecule has 2 saturated heterocycles. The zero-order chi connectivity index (χ0) is 19.4. The van der Waals surface area contributed by atoms with Gasteiger partial charge in [-0.1, -0.05) is 12.1 Å². The van der Waals surface area contributed by atoms with Crippen molar-refractivity contribution in [2.24, 2.45) is 0 Å². The predicted molar refractivity (Wildman–Crippen MR) is 107 cm³/mol. The number of aliphatic hydroxyl groups excluding tert-OH is 1. The summed E-state index contributed by atoms with van der Waals surface area (Å²) in [4.78, 5) is 17.4. The molecule has 5 heteroatoms. The summed E-state index contributed by atoms with van der Waals surface area (Å²) in [6, 6.07) is 8.39. The number of rotatable bonds is 5. The van der Waals surface area contributed by atoms with Crippen molar-refractivity contribution in [3.8, 4) is 0 Å². The Labute approximate surface area is 163 Å². The lowest BCUT2D eigenvalue weighted by atomic mass is 9.96. The average Bonchev–Trinajstić information content (AvgIpc) is 2.66. The smallest absolute Gasteiger partial charge is 0.253 e. The number of likely N-dealkylation sites (tertiary alicyclic amines) is 2. The summed E-state index contributed by atoms with van der Waals surface area (Å²) in [5.74, 6) is 0.118. The van der Waals surface area contributed by atoms with E-state index in [0.717, 1.165) is 69.4 Å². The van der Waals surface area contributed by atoms with Crippen molar-refractivity contribution in [2.75, 3.05) is 26.2 Å². The SMILES string of the molecule is CC(C)(O)CCc1cccc(C(=O)N2CCC(N3CCC(O)CC3)CC2)c1. The first-order valence-corrected chi connectivity index (χ1v) is 10.3. The van der Waals surface area contributed by atoms with Crippen LogP contribution in [0.2, 0.25) is 0 Å². The molecule has 3 rings (SSSR count). The van der Waals surface area contributed by atoms with Crippen LogP contribution in [0.15, 0.2) is 24.3 Å². The number of piperidine rings is 2. The van der Waals surface area contributed by atoms with E-state index in [1.807, 2.05) is 43.0 Å². The highest BCUT2D eigenvalue weighted by Crippen LogP contribution is 2.23. The van der Waals surface area contributed by atoms with Crippen LogP contribution in [0.4, 0.5) is 0 Å². The maximum Gasteiger partial charge on any atom is 0.253 e. The zero-order valence-electron chi connectivity index (χ0n) is 16.7. The van der Waals surface area contributed by atoms with Crippen LogP contribution in [0.5, 0.6) is 0 Å². The fourth-order valence-electron chi connectivity index (χ4n) is 4.18. The molecule has 0 bridgehead atoms. The van der Waals surface area contributed by atoms with E-state index in [9.17, 15) is 15.0 Å². The summed E-state index contributed by atoms with van der Waals surface area (Å²) >= 11 is 0. The molecular weight excluding hydrogens is 340 g/mol. The van der Waals surface area contributed by atoms with Gasteiger partial charge in [-0.05, 0) is 70.1 Å². The van der Waals surface area contributed by atoms with Gasteiger partial charge in [-0.15, -0.1) is 0 Å². The minimum Gasteiger partial charge on any atom is -0.393 e. The van der Waals surface area contributed by atoms with Gasteiger partial charge >= 0.3 is 0 Å². The van der Waals surface area contributed by atoms with Crippen LogP contribution in [0.1, 0.15) is 61.9 Å². The topological polar surface area (TPSA) is 64.0 Å². The quantitative estimate of drug-likeness (QED) is 0.831. The van der Waals surface area contributed by atoms with Crippen molar-refractivity contribution in [2.45, 2.75) is 70.1 Å². The molecule has 0 atom stereocenters. The Bertz CT molecular complexity index is 625. The summed E-state index contributed by atoms with van der Waals surface area (Å²) in [5, 5.41) is 19.6. The average molecular weight is 375 g/mol. The van der Waals surface area contributed by atoms with E-state index < -0.39 is 5.60 Å².